The van der Waals surface area contributed by atoms with Crippen LogP contribution in [0.3, 0.4) is 0 Å². The summed E-state index contributed by atoms with van der Waals surface area (Å²) in [6, 6.07) is 5.22. The van der Waals surface area contributed by atoms with Gasteiger partial charge in [0.1, 0.15) is 12.4 Å². The van der Waals surface area contributed by atoms with Crippen molar-refractivity contribution in [2.45, 2.75) is 13.0 Å². The normalized spacial score (nSPS) is 20.6. The highest BCUT2D eigenvalue weighted by atomic mass is 32.2. The number of thioether (sulfide) groups is 1. The van der Waals surface area contributed by atoms with Gasteiger partial charge in [0.05, 0.1) is 18.3 Å². The summed E-state index contributed by atoms with van der Waals surface area (Å²) >= 11 is 1.71. The van der Waals surface area contributed by atoms with Crippen LogP contribution < -0.4 is 20.3 Å². The second-order valence-corrected chi connectivity index (χ2v) is 5.99. The molecule has 0 saturated carbocycles. The molecule has 0 spiro atoms. The fourth-order valence-corrected chi connectivity index (χ4v) is 3.36. The molecule has 7 heteroatoms. The minimum absolute atomic E-state index is 0.0106. The molecule has 1 saturated heterocycles. The maximum Gasteiger partial charge on any atom is 0.242 e. The van der Waals surface area contributed by atoms with E-state index in [1.807, 2.05) is 6.07 Å². The highest BCUT2D eigenvalue weighted by molar-refractivity contribution is 7.99. The minimum atomic E-state index is -0.152. The first-order valence-electron chi connectivity index (χ1n) is 6.82. The van der Waals surface area contributed by atoms with E-state index in [0.29, 0.717) is 24.6 Å². The van der Waals surface area contributed by atoms with Gasteiger partial charge in [-0.2, -0.15) is 0 Å². The van der Waals surface area contributed by atoms with Crippen LogP contribution in [0.4, 0.5) is 11.4 Å². The van der Waals surface area contributed by atoms with Crippen molar-refractivity contribution in [2.24, 2.45) is 0 Å². The zero-order valence-corrected chi connectivity index (χ0v) is 12.5. The average molecular weight is 307 g/mol. The first kappa shape index (κ1) is 14.2. The number of fused-ring (bicyclic) bond motifs is 1. The van der Waals surface area contributed by atoms with Gasteiger partial charge >= 0.3 is 0 Å². The van der Waals surface area contributed by atoms with Gasteiger partial charge in [-0.1, -0.05) is 0 Å². The lowest BCUT2D eigenvalue weighted by Gasteiger charge is -2.29. The molecule has 2 aliphatic rings. The summed E-state index contributed by atoms with van der Waals surface area (Å²) in [7, 11) is 0. The molecule has 1 atom stereocenters. The van der Waals surface area contributed by atoms with E-state index in [4.69, 9.17) is 4.74 Å². The number of nitrogens with one attached hydrogen (secondary N) is 2. The van der Waals surface area contributed by atoms with Crippen molar-refractivity contribution in [1.29, 1.82) is 0 Å². The largest absolute Gasteiger partial charge is 0.489 e. The summed E-state index contributed by atoms with van der Waals surface area (Å²) in [5.41, 5.74) is 1.43. The Hall–Kier alpha value is -1.73. The molecule has 2 N–H and O–H groups in total. The van der Waals surface area contributed by atoms with E-state index >= 15 is 0 Å². The van der Waals surface area contributed by atoms with Crippen LogP contribution in [-0.2, 0) is 9.59 Å². The molecule has 1 fully saturated rings. The van der Waals surface area contributed by atoms with E-state index in [-0.39, 0.29) is 17.9 Å². The summed E-state index contributed by atoms with van der Waals surface area (Å²) in [6.45, 7) is 2.55. The van der Waals surface area contributed by atoms with E-state index < -0.39 is 0 Å². The maximum atomic E-state index is 12.1. The van der Waals surface area contributed by atoms with Crippen molar-refractivity contribution in [3.05, 3.63) is 18.2 Å². The van der Waals surface area contributed by atoms with E-state index in [1.54, 1.807) is 28.8 Å². The molecule has 112 valence electrons. The number of carbonyl (C=O) groups is 2. The number of amides is 2. The number of benzene rings is 1. The maximum absolute atomic E-state index is 12.1. The summed E-state index contributed by atoms with van der Waals surface area (Å²) in [5.74, 6) is 2.16. The Morgan fingerprint density at radius 1 is 1.48 bits per heavy atom. The third-order valence-corrected chi connectivity index (χ3v) is 4.44. The number of hydrogen-bond acceptors (Lipinski definition) is 5. The third kappa shape index (κ3) is 2.98. The number of rotatable bonds is 2. The Labute approximate surface area is 127 Å². The van der Waals surface area contributed by atoms with Crippen LogP contribution in [0.2, 0.25) is 0 Å². The number of anilines is 2. The summed E-state index contributed by atoms with van der Waals surface area (Å²) in [5, 5.41) is 6.01. The van der Waals surface area contributed by atoms with Crippen molar-refractivity contribution in [2.75, 3.05) is 35.0 Å². The van der Waals surface area contributed by atoms with Gasteiger partial charge in [-0.15, -0.1) is 11.8 Å². The predicted octanol–water partition coefficient (Wildman–Crippen LogP) is 1.03. The second-order valence-electron chi connectivity index (χ2n) is 4.96. The molecular weight excluding hydrogens is 290 g/mol. The lowest BCUT2D eigenvalue weighted by atomic mass is 10.2. The SMILES string of the molecule is CC(=O)N1CCOc2cc(NC(=O)C3CSCN3)ccc21. The smallest absolute Gasteiger partial charge is 0.242 e. The van der Waals surface area contributed by atoms with Gasteiger partial charge in [0.15, 0.2) is 0 Å². The quantitative estimate of drug-likeness (QED) is 0.854. The van der Waals surface area contributed by atoms with Crippen LogP contribution in [0.15, 0.2) is 18.2 Å². The standard InChI is InChI=1S/C14H17N3O3S/c1-9(18)17-4-5-20-13-6-10(2-3-12(13)17)16-14(19)11-7-21-8-15-11/h2-3,6,11,15H,4-5,7-8H2,1H3,(H,16,19). The molecule has 0 aliphatic carbocycles. The Morgan fingerprint density at radius 3 is 3.05 bits per heavy atom. The zero-order valence-electron chi connectivity index (χ0n) is 11.7. The van der Waals surface area contributed by atoms with Gasteiger partial charge in [0, 0.05) is 30.3 Å². The van der Waals surface area contributed by atoms with Crippen molar-refractivity contribution < 1.29 is 14.3 Å². The monoisotopic (exact) mass is 307 g/mol. The molecule has 3 rings (SSSR count). The Kier molecular flexibility index (Phi) is 4.03. The molecule has 0 aromatic heterocycles. The van der Waals surface area contributed by atoms with Gasteiger partial charge in [-0.3, -0.25) is 14.9 Å². The van der Waals surface area contributed by atoms with E-state index in [2.05, 4.69) is 10.6 Å². The summed E-state index contributed by atoms with van der Waals surface area (Å²) in [6.07, 6.45) is 0. The Bertz CT molecular complexity index is 573. The number of ether oxygens (including phenoxy) is 1. The van der Waals surface area contributed by atoms with Crippen molar-refractivity contribution in [1.82, 2.24) is 5.32 Å². The van der Waals surface area contributed by atoms with Crippen molar-refractivity contribution in [3.63, 3.8) is 0 Å². The molecule has 2 amide bonds. The predicted molar refractivity (Wildman–Crippen MR) is 82.8 cm³/mol. The van der Waals surface area contributed by atoms with Gasteiger partial charge in [0.25, 0.3) is 0 Å². The average Bonchev–Trinajstić information content (AvgIpc) is 3.00. The van der Waals surface area contributed by atoms with E-state index in [1.165, 1.54) is 6.92 Å². The highest BCUT2D eigenvalue weighted by Crippen LogP contribution is 2.34. The fraction of sp³-hybridized carbons (Fsp3) is 0.429. The van der Waals surface area contributed by atoms with E-state index in [0.717, 1.165) is 17.3 Å². The molecule has 2 heterocycles. The van der Waals surface area contributed by atoms with Crippen molar-refractivity contribution in [3.8, 4) is 5.75 Å². The molecule has 1 unspecified atom stereocenters. The summed E-state index contributed by atoms with van der Waals surface area (Å²) in [4.78, 5) is 25.3. The van der Waals surface area contributed by atoms with Crippen LogP contribution >= 0.6 is 11.8 Å². The molecule has 1 aromatic rings. The minimum Gasteiger partial charge on any atom is -0.489 e. The van der Waals surface area contributed by atoms with Crippen LogP contribution in [0.25, 0.3) is 0 Å². The van der Waals surface area contributed by atoms with E-state index in [9.17, 15) is 9.59 Å². The van der Waals surface area contributed by atoms with Crippen LogP contribution in [0.5, 0.6) is 5.75 Å². The molecule has 6 nitrogen and oxygen atoms in total. The zero-order chi connectivity index (χ0) is 14.8. The lowest BCUT2D eigenvalue weighted by Crippen LogP contribution is -2.38. The molecule has 2 aliphatic heterocycles. The number of hydrogen-bond donors (Lipinski definition) is 2. The topological polar surface area (TPSA) is 70.7 Å². The van der Waals surface area contributed by atoms with Crippen LogP contribution in [0, 0.1) is 0 Å². The second kappa shape index (κ2) is 5.95. The third-order valence-electron chi connectivity index (χ3n) is 3.50. The lowest BCUT2D eigenvalue weighted by molar-refractivity contribution is -0.118. The van der Waals surface area contributed by atoms with Crippen LogP contribution in [-0.4, -0.2) is 42.6 Å². The first-order valence-corrected chi connectivity index (χ1v) is 7.97. The molecule has 1 aromatic carbocycles. The highest BCUT2D eigenvalue weighted by Gasteiger charge is 2.24. The first-order chi connectivity index (χ1) is 10.1. The van der Waals surface area contributed by atoms with Gasteiger partial charge in [0.2, 0.25) is 11.8 Å². The Balaban J connectivity index is 1.76. The van der Waals surface area contributed by atoms with Gasteiger partial charge in [-0.25, -0.2) is 0 Å². The van der Waals surface area contributed by atoms with Gasteiger partial charge < -0.3 is 15.0 Å². The number of nitrogens with zero attached hydrogens (tertiary/aromatic N) is 1. The summed E-state index contributed by atoms with van der Waals surface area (Å²) < 4.78 is 5.59. The van der Waals surface area contributed by atoms with Gasteiger partial charge in [-0.05, 0) is 12.1 Å². The van der Waals surface area contributed by atoms with Crippen LogP contribution in [0.1, 0.15) is 6.92 Å². The number of carbonyl (C=O) groups excluding carboxylic acids is 2. The Morgan fingerprint density at radius 2 is 2.33 bits per heavy atom. The molecule has 21 heavy (non-hydrogen) atoms. The molecule has 0 radical (unpaired) electrons. The molecular formula is C14H17N3O3S. The van der Waals surface area contributed by atoms with Crippen molar-refractivity contribution >= 4 is 35.0 Å². The fourth-order valence-electron chi connectivity index (χ4n) is 2.42. The molecule has 0 bridgehead atoms.